The van der Waals surface area contributed by atoms with Crippen LogP contribution < -0.4 is 19.7 Å². The van der Waals surface area contributed by atoms with Gasteiger partial charge in [-0.05, 0) is 60.7 Å². The van der Waals surface area contributed by atoms with E-state index in [1.165, 1.54) is 18.5 Å². The lowest BCUT2D eigenvalue weighted by atomic mass is 10.1. The zero-order chi connectivity index (χ0) is 21.9. The van der Waals surface area contributed by atoms with Crippen LogP contribution in [-0.2, 0) is 0 Å². The Kier molecular flexibility index (Phi) is 5.29. The van der Waals surface area contributed by atoms with Crippen molar-refractivity contribution in [2.24, 2.45) is 0 Å². The second kappa shape index (κ2) is 8.55. The van der Waals surface area contributed by atoms with Crippen LogP contribution in [0.25, 0.3) is 10.9 Å². The van der Waals surface area contributed by atoms with Gasteiger partial charge in [-0.2, -0.15) is 0 Å². The third-order valence-corrected chi connectivity index (χ3v) is 5.20. The molecule has 3 aromatic carbocycles. The Morgan fingerprint density at radius 3 is 2.53 bits per heavy atom. The smallest absolute Gasteiger partial charge is 0.155 e. The summed E-state index contributed by atoms with van der Waals surface area (Å²) in [5.41, 5.74) is 2.65. The summed E-state index contributed by atoms with van der Waals surface area (Å²) in [6.07, 6.45) is 3.42. The molecule has 5 rings (SSSR count). The monoisotopic (exact) mass is 428 g/mol. The molecule has 0 spiro atoms. The molecule has 6 nitrogen and oxygen atoms in total. The van der Waals surface area contributed by atoms with Crippen molar-refractivity contribution in [3.63, 3.8) is 0 Å². The van der Waals surface area contributed by atoms with E-state index in [1.54, 1.807) is 12.1 Å². The van der Waals surface area contributed by atoms with Crippen molar-refractivity contribution in [2.75, 3.05) is 29.9 Å². The van der Waals surface area contributed by atoms with Gasteiger partial charge in [-0.25, -0.2) is 14.4 Å². The van der Waals surface area contributed by atoms with E-state index in [0.717, 1.165) is 41.1 Å². The molecule has 32 heavy (non-hydrogen) atoms. The van der Waals surface area contributed by atoms with E-state index >= 15 is 0 Å². The Balaban J connectivity index is 1.43. The van der Waals surface area contributed by atoms with Gasteiger partial charge in [0.2, 0.25) is 0 Å². The molecule has 1 aliphatic rings. The third-order valence-electron chi connectivity index (χ3n) is 5.20. The minimum atomic E-state index is -0.298. The van der Waals surface area contributed by atoms with Gasteiger partial charge in [0.15, 0.2) is 5.75 Å². The highest BCUT2D eigenvalue weighted by molar-refractivity contribution is 6.00. The van der Waals surface area contributed by atoms with Gasteiger partial charge in [0.25, 0.3) is 0 Å². The normalized spacial score (nSPS) is 12.7. The van der Waals surface area contributed by atoms with Crippen molar-refractivity contribution in [3.05, 3.63) is 85.5 Å². The molecule has 0 fully saturated rings. The number of fused-ring (bicyclic) bond motifs is 3. The molecule has 0 saturated carbocycles. The van der Waals surface area contributed by atoms with Gasteiger partial charge in [-0.1, -0.05) is 6.08 Å². The average Bonchev–Trinajstić information content (AvgIpc) is 2.82. The first kappa shape index (κ1) is 19.8. The summed E-state index contributed by atoms with van der Waals surface area (Å²) in [6.45, 7) is 5.99. The van der Waals surface area contributed by atoms with Gasteiger partial charge >= 0.3 is 0 Å². The van der Waals surface area contributed by atoms with Crippen LogP contribution in [-0.4, -0.2) is 29.7 Å². The minimum absolute atomic E-state index is 0.298. The van der Waals surface area contributed by atoms with Crippen molar-refractivity contribution in [2.45, 2.75) is 0 Å². The Bertz CT molecular complexity index is 1260. The van der Waals surface area contributed by atoms with Crippen molar-refractivity contribution in [1.29, 1.82) is 0 Å². The van der Waals surface area contributed by atoms with Crippen LogP contribution in [0.15, 0.2) is 79.6 Å². The van der Waals surface area contributed by atoms with Gasteiger partial charge in [-0.3, -0.25) is 0 Å². The summed E-state index contributed by atoms with van der Waals surface area (Å²) in [5, 5.41) is 4.21. The predicted octanol–water partition coefficient (Wildman–Crippen LogP) is 5.69. The van der Waals surface area contributed by atoms with Crippen molar-refractivity contribution >= 4 is 28.1 Å². The summed E-state index contributed by atoms with van der Waals surface area (Å²) < 4.78 is 24.9. The number of nitrogens with one attached hydrogen (secondary N) is 1. The molecule has 1 N–H and O–H groups in total. The summed E-state index contributed by atoms with van der Waals surface area (Å²) in [7, 11) is 0. The summed E-state index contributed by atoms with van der Waals surface area (Å²) in [5.74, 6) is 2.36. The molecule has 0 unspecified atom stereocenters. The Labute approximate surface area is 184 Å². The number of anilines is 3. The van der Waals surface area contributed by atoms with E-state index in [4.69, 9.17) is 9.47 Å². The van der Waals surface area contributed by atoms with E-state index in [0.29, 0.717) is 23.9 Å². The third kappa shape index (κ3) is 3.92. The molecular weight excluding hydrogens is 407 g/mol. The zero-order valence-corrected chi connectivity index (χ0v) is 17.3. The molecule has 1 aromatic heterocycles. The maximum Gasteiger partial charge on any atom is 0.155 e. The summed E-state index contributed by atoms with van der Waals surface area (Å²) >= 11 is 0. The molecule has 1 aliphatic heterocycles. The van der Waals surface area contributed by atoms with Crippen LogP contribution in [0.4, 0.5) is 21.6 Å². The highest BCUT2D eigenvalue weighted by Crippen LogP contribution is 2.41. The van der Waals surface area contributed by atoms with Crippen LogP contribution in [0.3, 0.4) is 0 Å². The maximum absolute atomic E-state index is 13.1. The fraction of sp³-hybridized carbons (Fsp3) is 0.120. The fourth-order valence-electron chi connectivity index (χ4n) is 3.71. The predicted molar refractivity (Wildman–Crippen MR) is 124 cm³/mol. The first-order valence-electron chi connectivity index (χ1n) is 10.3. The highest BCUT2D eigenvalue weighted by atomic mass is 19.1. The largest absolute Gasteiger partial charge is 0.489 e. The van der Waals surface area contributed by atoms with Crippen LogP contribution in [0.1, 0.15) is 0 Å². The molecule has 0 atom stereocenters. The Morgan fingerprint density at radius 1 is 1.03 bits per heavy atom. The Hall–Kier alpha value is -4.13. The van der Waals surface area contributed by atoms with Crippen LogP contribution in [0, 0.1) is 5.82 Å². The molecule has 7 heteroatoms. The topological polar surface area (TPSA) is 59.5 Å². The second-order valence-electron chi connectivity index (χ2n) is 7.32. The van der Waals surface area contributed by atoms with E-state index in [-0.39, 0.29) is 5.82 Å². The van der Waals surface area contributed by atoms with Crippen LogP contribution in [0.2, 0.25) is 0 Å². The van der Waals surface area contributed by atoms with E-state index < -0.39 is 0 Å². The first-order chi connectivity index (χ1) is 15.7. The van der Waals surface area contributed by atoms with Gasteiger partial charge in [0, 0.05) is 12.2 Å². The van der Waals surface area contributed by atoms with Crippen molar-refractivity contribution < 1.29 is 13.9 Å². The summed E-state index contributed by atoms with van der Waals surface area (Å²) in [4.78, 5) is 11.1. The number of nitrogens with zero attached hydrogens (tertiary/aromatic N) is 3. The molecule has 0 aliphatic carbocycles. The minimum Gasteiger partial charge on any atom is -0.489 e. The van der Waals surface area contributed by atoms with Gasteiger partial charge < -0.3 is 19.7 Å². The molecule has 4 aromatic rings. The molecule has 160 valence electrons. The lowest BCUT2D eigenvalue weighted by molar-refractivity contribution is 0.313. The maximum atomic E-state index is 13.1. The highest BCUT2D eigenvalue weighted by Gasteiger charge is 2.22. The first-order valence-corrected chi connectivity index (χ1v) is 10.3. The van der Waals surface area contributed by atoms with E-state index in [9.17, 15) is 4.39 Å². The average molecular weight is 428 g/mol. The van der Waals surface area contributed by atoms with Crippen molar-refractivity contribution in [1.82, 2.24) is 9.97 Å². The fourth-order valence-corrected chi connectivity index (χ4v) is 3.71. The molecule has 0 radical (unpaired) electrons. The second-order valence-corrected chi connectivity index (χ2v) is 7.32. The quantitative estimate of drug-likeness (QED) is 0.398. The molecule has 0 bridgehead atoms. The number of benzene rings is 3. The Morgan fingerprint density at radius 2 is 1.78 bits per heavy atom. The SMILES string of the molecule is C=CCN1CCOc2c1ccc1ncnc(Nc3ccc(Oc4ccc(F)cc4)cc3)c21. The number of hydrogen-bond acceptors (Lipinski definition) is 6. The number of hydrogen-bond donors (Lipinski definition) is 1. The molecule has 0 saturated heterocycles. The van der Waals surface area contributed by atoms with Gasteiger partial charge in [0.1, 0.15) is 36.1 Å². The van der Waals surface area contributed by atoms with Gasteiger partial charge in [0.05, 0.1) is 23.1 Å². The van der Waals surface area contributed by atoms with Crippen LogP contribution in [0.5, 0.6) is 17.2 Å². The van der Waals surface area contributed by atoms with E-state index in [1.807, 2.05) is 42.5 Å². The number of rotatable bonds is 6. The zero-order valence-electron chi connectivity index (χ0n) is 17.3. The molecule has 0 amide bonds. The lowest BCUT2D eigenvalue weighted by Crippen LogP contribution is -2.32. The van der Waals surface area contributed by atoms with Crippen LogP contribution >= 0.6 is 0 Å². The summed E-state index contributed by atoms with van der Waals surface area (Å²) in [6, 6.07) is 17.4. The number of halogens is 1. The van der Waals surface area contributed by atoms with Crippen molar-refractivity contribution in [3.8, 4) is 17.2 Å². The molecule has 2 heterocycles. The lowest BCUT2D eigenvalue weighted by Gasteiger charge is -2.31. The van der Waals surface area contributed by atoms with E-state index in [2.05, 4.69) is 26.8 Å². The number of ether oxygens (including phenoxy) is 2. The standard InChI is InChI=1S/C25H21FN4O2/c1-2-13-30-14-15-31-24-22(30)12-11-21-23(24)25(28-16-27-21)29-18-5-9-20(10-6-18)32-19-7-3-17(26)4-8-19/h2-12,16H,1,13-15H2,(H,27,28,29). The molecular formula is C25H21FN4O2. The number of aromatic nitrogens is 2. The van der Waals surface area contributed by atoms with Gasteiger partial charge in [-0.15, -0.1) is 6.58 Å².